The van der Waals surface area contributed by atoms with E-state index in [0.29, 0.717) is 36.6 Å². The van der Waals surface area contributed by atoms with Gasteiger partial charge in [-0.3, -0.25) is 14.2 Å². The molecule has 0 spiro atoms. The van der Waals surface area contributed by atoms with Crippen molar-refractivity contribution in [3.63, 3.8) is 0 Å². The minimum atomic E-state index is -0.969. The summed E-state index contributed by atoms with van der Waals surface area (Å²) in [6.07, 6.45) is 3.22. The molecule has 0 bridgehead atoms. The van der Waals surface area contributed by atoms with Crippen molar-refractivity contribution in [1.82, 2.24) is 24.8 Å². The Bertz CT molecular complexity index is 1150. The van der Waals surface area contributed by atoms with Gasteiger partial charge in [-0.15, -0.1) is 0 Å². The van der Waals surface area contributed by atoms with Gasteiger partial charge in [-0.2, -0.15) is 0 Å². The molecule has 1 aliphatic heterocycles. The van der Waals surface area contributed by atoms with Crippen LogP contribution < -0.4 is 16.8 Å². The fourth-order valence-electron chi connectivity index (χ4n) is 4.70. The zero-order valence-corrected chi connectivity index (χ0v) is 20.4. The van der Waals surface area contributed by atoms with Gasteiger partial charge in [0, 0.05) is 25.9 Å². The molecule has 2 aromatic rings. The molecule has 1 saturated heterocycles. The van der Waals surface area contributed by atoms with Crippen LogP contribution in [0, 0.1) is 23.7 Å². The standard InChI is InChI=1S/C24H33N7O5/c1-2-27-23(33)20-16(32)12-18(36-20)31-13-28-19-21(26)29-17(30-22(19)31)5-3-4-14-6-8-15(9-7-14)24(34)35-11-10-25/h13-16,18,20,32H,2,4,6-12,25H2,1H3,(H,27,33)(H2,26,29,30)/t14?,15?,16?,18-,20+/m1/s1. The second-order valence-electron chi connectivity index (χ2n) is 9.15. The number of nitrogens with zero attached hydrogens (tertiary/aromatic N) is 4. The predicted molar refractivity (Wildman–Crippen MR) is 130 cm³/mol. The fourth-order valence-corrected chi connectivity index (χ4v) is 4.70. The molecule has 1 saturated carbocycles. The van der Waals surface area contributed by atoms with Gasteiger partial charge < -0.3 is 31.4 Å². The Balaban J connectivity index is 1.41. The smallest absolute Gasteiger partial charge is 0.308 e. The Morgan fingerprint density at radius 3 is 2.81 bits per heavy atom. The number of hydrogen-bond acceptors (Lipinski definition) is 10. The number of carbonyl (C=O) groups is 2. The average molecular weight is 500 g/mol. The van der Waals surface area contributed by atoms with E-state index in [1.54, 1.807) is 11.5 Å². The first-order valence-corrected chi connectivity index (χ1v) is 12.4. The van der Waals surface area contributed by atoms with Crippen molar-refractivity contribution in [2.45, 2.75) is 63.9 Å². The van der Waals surface area contributed by atoms with Crippen LogP contribution in [0.1, 0.15) is 57.5 Å². The third-order valence-electron chi connectivity index (χ3n) is 6.60. The molecule has 36 heavy (non-hydrogen) atoms. The quantitative estimate of drug-likeness (QED) is 0.304. The number of anilines is 1. The van der Waals surface area contributed by atoms with Crippen molar-refractivity contribution in [2.24, 2.45) is 17.6 Å². The third-order valence-corrected chi connectivity index (χ3v) is 6.60. The highest BCUT2D eigenvalue weighted by Crippen LogP contribution is 2.32. The van der Waals surface area contributed by atoms with Gasteiger partial charge in [-0.1, -0.05) is 5.92 Å². The minimum absolute atomic E-state index is 0.0597. The van der Waals surface area contributed by atoms with E-state index in [9.17, 15) is 14.7 Å². The maximum atomic E-state index is 12.2. The summed E-state index contributed by atoms with van der Waals surface area (Å²) in [7, 11) is 0. The summed E-state index contributed by atoms with van der Waals surface area (Å²) in [6, 6.07) is 0. The highest BCUT2D eigenvalue weighted by molar-refractivity contribution is 5.83. The van der Waals surface area contributed by atoms with E-state index in [1.807, 2.05) is 0 Å². The first kappa shape index (κ1) is 25.8. The van der Waals surface area contributed by atoms with Crippen molar-refractivity contribution in [3.8, 4) is 11.8 Å². The summed E-state index contributed by atoms with van der Waals surface area (Å²) in [4.78, 5) is 37.3. The molecular weight excluding hydrogens is 466 g/mol. The van der Waals surface area contributed by atoms with Gasteiger partial charge in [0.2, 0.25) is 5.82 Å². The number of hydrogen-bond donors (Lipinski definition) is 4. The van der Waals surface area contributed by atoms with Gasteiger partial charge in [0.05, 0.1) is 18.3 Å². The van der Waals surface area contributed by atoms with Crippen molar-refractivity contribution in [1.29, 1.82) is 0 Å². The number of fused-ring (bicyclic) bond motifs is 1. The Morgan fingerprint density at radius 1 is 1.31 bits per heavy atom. The number of carbonyl (C=O) groups excluding carboxylic acids is 2. The minimum Gasteiger partial charge on any atom is -0.464 e. The SMILES string of the molecule is CCNC(=O)[C@H]1O[C@@H](n2cnc3c(N)nc(C#CCC4CCC(C(=O)OCCN)CC4)nc32)CC1O. The molecule has 3 atom stereocenters. The Kier molecular flexibility index (Phi) is 8.35. The van der Waals surface area contributed by atoms with Gasteiger partial charge in [0.15, 0.2) is 17.6 Å². The molecule has 4 rings (SSSR count). The topological polar surface area (TPSA) is 180 Å². The Hall–Kier alpha value is -3.27. The predicted octanol–water partition coefficient (Wildman–Crippen LogP) is 0.243. The van der Waals surface area contributed by atoms with Gasteiger partial charge in [0.1, 0.15) is 18.4 Å². The molecule has 0 aromatic carbocycles. The molecule has 1 aliphatic carbocycles. The number of aliphatic hydroxyl groups is 1. The van der Waals surface area contributed by atoms with Crippen LogP contribution in [0.15, 0.2) is 6.33 Å². The second kappa shape index (κ2) is 11.6. The molecule has 2 aromatic heterocycles. The lowest BCUT2D eigenvalue weighted by atomic mass is 9.81. The van der Waals surface area contributed by atoms with Crippen molar-refractivity contribution in [3.05, 3.63) is 12.2 Å². The van der Waals surface area contributed by atoms with E-state index in [2.05, 4.69) is 32.1 Å². The van der Waals surface area contributed by atoms with Crippen LogP contribution in [0.4, 0.5) is 5.82 Å². The number of nitrogens with one attached hydrogen (secondary N) is 1. The Labute approximate surface area is 209 Å². The first-order chi connectivity index (χ1) is 17.4. The normalized spacial score (nSPS) is 25.8. The zero-order valence-electron chi connectivity index (χ0n) is 20.4. The van der Waals surface area contributed by atoms with Gasteiger partial charge >= 0.3 is 5.97 Å². The maximum Gasteiger partial charge on any atom is 0.308 e. The molecule has 2 aliphatic rings. The molecule has 2 fully saturated rings. The molecule has 12 heteroatoms. The number of esters is 1. The number of rotatable bonds is 7. The molecule has 1 unspecified atom stereocenters. The molecule has 3 heterocycles. The van der Waals surface area contributed by atoms with Crippen molar-refractivity contribution >= 4 is 28.9 Å². The first-order valence-electron chi connectivity index (χ1n) is 12.4. The van der Waals surface area contributed by atoms with Crippen molar-refractivity contribution in [2.75, 3.05) is 25.4 Å². The summed E-state index contributed by atoms with van der Waals surface area (Å²) in [5.41, 5.74) is 12.3. The number of aliphatic hydroxyl groups excluding tert-OH is 1. The summed E-state index contributed by atoms with van der Waals surface area (Å²) >= 11 is 0. The van der Waals surface area contributed by atoms with Gasteiger partial charge in [0.25, 0.3) is 5.91 Å². The highest BCUT2D eigenvalue weighted by Gasteiger charge is 2.40. The molecule has 1 amide bonds. The van der Waals surface area contributed by atoms with Gasteiger partial charge in [-0.05, 0) is 44.4 Å². The van der Waals surface area contributed by atoms with Crippen LogP contribution in [-0.2, 0) is 19.1 Å². The van der Waals surface area contributed by atoms with Gasteiger partial charge in [-0.25, -0.2) is 15.0 Å². The summed E-state index contributed by atoms with van der Waals surface area (Å²) in [6.45, 7) is 2.84. The third kappa shape index (κ3) is 5.75. The maximum absolute atomic E-state index is 12.2. The molecule has 12 nitrogen and oxygen atoms in total. The highest BCUT2D eigenvalue weighted by atomic mass is 16.5. The van der Waals surface area contributed by atoms with Crippen LogP contribution in [0.25, 0.3) is 11.2 Å². The zero-order chi connectivity index (χ0) is 25.7. The van der Waals surface area contributed by atoms with Crippen LogP contribution in [0.5, 0.6) is 0 Å². The summed E-state index contributed by atoms with van der Waals surface area (Å²) < 4.78 is 12.6. The lowest BCUT2D eigenvalue weighted by Crippen LogP contribution is -2.40. The molecule has 194 valence electrons. The number of amides is 1. The lowest BCUT2D eigenvalue weighted by Gasteiger charge is -2.25. The number of imidazole rings is 1. The summed E-state index contributed by atoms with van der Waals surface area (Å²) in [5.74, 6) is 6.41. The summed E-state index contributed by atoms with van der Waals surface area (Å²) in [5, 5.41) is 13.0. The average Bonchev–Trinajstić information content (AvgIpc) is 3.47. The monoisotopic (exact) mass is 499 g/mol. The fraction of sp³-hybridized carbons (Fsp3) is 0.625. The van der Waals surface area contributed by atoms with E-state index >= 15 is 0 Å². The lowest BCUT2D eigenvalue weighted by molar-refractivity contribution is -0.149. The number of aromatic nitrogens is 4. The second-order valence-corrected chi connectivity index (χ2v) is 9.15. The number of nitrogen functional groups attached to an aromatic ring is 1. The van der Waals surface area contributed by atoms with Crippen LogP contribution in [-0.4, -0.2) is 68.4 Å². The number of likely N-dealkylation sites (N-methyl/N-ethyl adjacent to an activating group) is 1. The molecular formula is C24H33N7O5. The van der Waals surface area contributed by atoms with E-state index in [-0.39, 0.29) is 42.5 Å². The van der Waals surface area contributed by atoms with E-state index in [4.69, 9.17) is 20.9 Å². The van der Waals surface area contributed by atoms with E-state index in [1.165, 1.54) is 6.33 Å². The van der Waals surface area contributed by atoms with Crippen LogP contribution in [0.2, 0.25) is 0 Å². The van der Waals surface area contributed by atoms with Crippen molar-refractivity contribution < 1.29 is 24.2 Å². The van der Waals surface area contributed by atoms with Crippen LogP contribution in [0.3, 0.4) is 0 Å². The number of nitrogens with two attached hydrogens (primary N) is 2. The number of ether oxygens (including phenoxy) is 2. The van der Waals surface area contributed by atoms with E-state index < -0.39 is 18.4 Å². The molecule has 6 N–H and O–H groups in total. The van der Waals surface area contributed by atoms with E-state index in [0.717, 1.165) is 25.7 Å². The van der Waals surface area contributed by atoms with Crippen LogP contribution >= 0.6 is 0 Å². The largest absolute Gasteiger partial charge is 0.464 e. The molecule has 0 radical (unpaired) electrons. The Morgan fingerprint density at radius 2 is 2.08 bits per heavy atom.